The first-order chi connectivity index (χ1) is 21.7. The monoisotopic (exact) mass is 559 g/mol. The molecule has 3 heterocycles. The summed E-state index contributed by atoms with van der Waals surface area (Å²) in [6.45, 7) is 0. The van der Waals surface area contributed by atoms with E-state index >= 15 is 0 Å². The first-order valence-electron chi connectivity index (χ1n) is 14.8. The number of fused-ring (bicyclic) bond motifs is 5. The third kappa shape index (κ3) is 4.26. The molecule has 0 spiro atoms. The van der Waals surface area contributed by atoms with Gasteiger partial charge in [0.1, 0.15) is 0 Å². The molecule has 0 aliphatic rings. The number of rotatable bonds is 3. The van der Waals surface area contributed by atoms with Gasteiger partial charge < -0.3 is 0 Å². The molecule has 0 fully saturated rings. The summed E-state index contributed by atoms with van der Waals surface area (Å²) in [6, 6.07) is 51.5. The topological polar surface area (TPSA) is 38.7 Å². The van der Waals surface area contributed by atoms with Gasteiger partial charge in [-0.2, -0.15) is 0 Å². The molecule has 44 heavy (non-hydrogen) atoms. The third-order valence-corrected chi connectivity index (χ3v) is 8.58. The maximum absolute atomic E-state index is 5.17. The van der Waals surface area contributed by atoms with E-state index in [0.29, 0.717) is 0 Å². The first kappa shape index (κ1) is 24.6. The predicted octanol–water partition coefficient (Wildman–Crippen LogP) is 10.6. The average Bonchev–Trinajstić information content (AvgIpc) is 3.09. The average molecular weight is 560 g/mol. The summed E-state index contributed by atoms with van der Waals surface area (Å²) in [4.78, 5) is 15.0. The van der Waals surface area contributed by atoms with E-state index in [1.54, 1.807) is 0 Å². The van der Waals surface area contributed by atoms with Crippen LogP contribution in [0.1, 0.15) is 0 Å². The maximum atomic E-state index is 5.17. The normalized spacial score (nSPS) is 11.6. The van der Waals surface area contributed by atoms with E-state index in [1.807, 2.05) is 12.3 Å². The minimum absolute atomic E-state index is 0.932. The van der Waals surface area contributed by atoms with Crippen molar-refractivity contribution in [1.82, 2.24) is 15.0 Å². The molecule has 0 radical (unpaired) electrons. The highest BCUT2D eigenvalue weighted by atomic mass is 14.7. The molecule has 3 heteroatoms. The number of hydrogen-bond donors (Lipinski definition) is 0. The van der Waals surface area contributed by atoms with Crippen molar-refractivity contribution in [2.24, 2.45) is 0 Å². The molecule has 0 bridgehead atoms. The molecule has 9 rings (SSSR count). The van der Waals surface area contributed by atoms with E-state index in [2.05, 4.69) is 145 Å². The lowest BCUT2D eigenvalue weighted by atomic mass is 9.95. The molecule has 3 aromatic heterocycles. The molecule has 204 valence electrons. The van der Waals surface area contributed by atoms with Crippen LogP contribution in [0.2, 0.25) is 0 Å². The molecule has 0 saturated carbocycles. The van der Waals surface area contributed by atoms with E-state index in [0.717, 1.165) is 66.4 Å². The van der Waals surface area contributed by atoms with Crippen LogP contribution < -0.4 is 0 Å². The molecule has 0 saturated heterocycles. The Bertz CT molecular complexity index is 2430. The lowest BCUT2D eigenvalue weighted by Crippen LogP contribution is -1.91. The largest absolute Gasteiger partial charge is 0.256 e. The van der Waals surface area contributed by atoms with Gasteiger partial charge in [-0.25, -0.2) is 9.97 Å². The van der Waals surface area contributed by atoms with Gasteiger partial charge in [-0.3, -0.25) is 4.98 Å². The first-order valence-corrected chi connectivity index (χ1v) is 14.8. The highest BCUT2D eigenvalue weighted by Gasteiger charge is 2.12. The molecule has 0 unspecified atom stereocenters. The van der Waals surface area contributed by atoms with E-state index in [9.17, 15) is 0 Å². The minimum Gasteiger partial charge on any atom is -0.256 e. The summed E-state index contributed by atoms with van der Waals surface area (Å²) in [6.07, 6.45) is 1.85. The van der Waals surface area contributed by atoms with Crippen LogP contribution in [0.15, 0.2) is 152 Å². The number of benzene rings is 6. The van der Waals surface area contributed by atoms with Gasteiger partial charge in [0.2, 0.25) is 0 Å². The predicted molar refractivity (Wildman–Crippen MR) is 184 cm³/mol. The number of hydrogen-bond acceptors (Lipinski definition) is 3. The fraction of sp³-hybridized carbons (Fsp3) is 0. The van der Waals surface area contributed by atoms with Crippen molar-refractivity contribution in [2.75, 3.05) is 0 Å². The zero-order valence-electron chi connectivity index (χ0n) is 23.8. The zero-order valence-corrected chi connectivity index (χ0v) is 23.8. The zero-order chi connectivity index (χ0) is 29.0. The molecular formula is C41H25N3. The van der Waals surface area contributed by atoms with Gasteiger partial charge in [-0.1, -0.05) is 78.9 Å². The molecular weight excluding hydrogens is 534 g/mol. The van der Waals surface area contributed by atoms with Crippen molar-refractivity contribution in [3.05, 3.63) is 152 Å². The molecule has 0 amide bonds. The van der Waals surface area contributed by atoms with Crippen molar-refractivity contribution in [3.63, 3.8) is 0 Å². The van der Waals surface area contributed by atoms with Crippen LogP contribution in [0, 0.1) is 0 Å². The summed E-state index contributed by atoms with van der Waals surface area (Å²) >= 11 is 0. The van der Waals surface area contributed by atoms with Crippen LogP contribution in [-0.4, -0.2) is 15.0 Å². The summed E-state index contributed by atoms with van der Waals surface area (Å²) in [7, 11) is 0. The highest BCUT2D eigenvalue weighted by Crippen LogP contribution is 2.35. The second-order valence-electron chi connectivity index (χ2n) is 11.4. The fourth-order valence-electron chi connectivity index (χ4n) is 6.28. The van der Waals surface area contributed by atoms with Gasteiger partial charge in [0.05, 0.1) is 27.9 Å². The van der Waals surface area contributed by atoms with Crippen molar-refractivity contribution in [1.29, 1.82) is 0 Å². The fourth-order valence-corrected chi connectivity index (χ4v) is 6.28. The van der Waals surface area contributed by atoms with Crippen LogP contribution >= 0.6 is 0 Å². The second-order valence-corrected chi connectivity index (χ2v) is 11.4. The molecule has 9 aromatic rings. The van der Waals surface area contributed by atoms with Gasteiger partial charge >= 0.3 is 0 Å². The molecule has 0 N–H and O–H groups in total. The summed E-state index contributed by atoms with van der Waals surface area (Å²) in [5.74, 6) is 0. The Kier molecular flexibility index (Phi) is 5.50. The smallest absolute Gasteiger partial charge is 0.0715 e. The van der Waals surface area contributed by atoms with Crippen LogP contribution in [0.4, 0.5) is 0 Å². The van der Waals surface area contributed by atoms with E-state index in [-0.39, 0.29) is 0 Å². The SMILES string of the molecule is c1ccc2cc3nc(-c4cc(-c5ccc6cccnc6c5)cc(-c5ccc6cc7ccccc7cc6n5)c4)ccc3cc2c1. The molecule has 0 atom stereocenters. The Morgan fingerprint density at radius 1 is 0.295 bits per heavy atom. The number of aromatic nitrogens is 3. The molecule has 3 nitrogen and oxygen atoms in total. The minimum atomic E-state index is 0.932. The van der Waals surface area contributed by atoms with Crippen molar-refractivity contribution in [2.45, 2.75) is 0 Å². The van der Waals surface area contributed by atoms with Gasteiger partial charge in [-0.15, -0.1) is 0 Å². The van der Waals surface area contributed by atoms with Crippen LogP contribution in [0.25, 0.3) is 87.9 Å². The van der Waals surface area contributed by atoms with Gasteiger partial charge in [0.15, 0.2) is 0 Å². The second kappa shape index (κ2) is 9.82. The van der Waals surface area contributed by atoms with E-state index in [1.165, 1.54) is 21.5 Å². The Balaban J connectivity index is 1.24. The van der Waals surface area contributed by atoms with Gasteiger partial charge in [0, 0.05) is 33.5 Å². The molecule has 6 aromatic carbocycles. The summed E-state index contributed by atoms with van der Waals surface area (Å²) < 4.78 is 0. The molecule has 0 aliphatic carbocycles. The van der Waals surface area contributed by atoms with Gasteiger partial charge in [-0.05, 0) is 99.4 Å². The Morgan fingerprint density at radius 2 is 0.795 bits per heavy atom. The Hall–Kier alpha value is -5.93. The lowest BCUT2D eigenvalue weighted by molar-refractivity contribution is 1.38. The summed E-state index contributed by atoms with van der Waals surface area (Å²) in [5.41, 5.74) is 9.12. The highest BCUT2D eigenvalue weighted by molar-refractivity contribution is 5.99. The van der Waals surface area contributed by atoms with Crippen LogP contribution in [0.3, 0.4) is 0 Å². The maximum Gasteiger partial charge on any atom is 0.0715 e. The van der Waals surface area contributed by atoms with E-state index < -0.39 is 0 Å². The van der Waals surface area contributed by atoms with Crippen molar-refractivity contribution in [3.8, 4) is 33.6 Å². The quantitative estimate of drug-likeness (QED) is 0.202. The standard InChI is InChI=1S/C41H25N3/c1-3-8-29-24-40-32(18-27(29)6-1)13-15-37(43-40)35-20-34(31-12-11-26-10-5-17-42-39(26)23-31)21-36(22-35)38-16-14-33-19-28-7-2-4-9-30(28)25-41(33)44-38/h1-25H. The Morgan fingerprint density at radius 3 is 1.39 bits per heavy atom. The van der Waals surface area contributed by atoms with Crippen LogP contribution in [0.5, 0.6) is 0 Å². The van der Waals surface area contributed by atoms with E-state index in [4.69, 9.17) is 9.97 Å². The third-order valence-electron chi connectivity index (χ3n) is 8.58. The van der Waals surface area contributed by atoms with Crippen molar-refractivity contribution >= 4 is 54.3 Å². The molecule has 0 aliphatic heterocycles. The van der Waals surface area contributed by atoms with Crippen LogP contribution in [-0.2, 0) is 0 Å². The lowest BCUT2D eigenvalue weighted by Gasteiger charge is -2.12. The number of pyridine rings is 3. The Labute approximate surface area is 254 Å². The van der Waals surface area contributed by atoms with Crippen molar-refractivity contribution < 1.29 is 0 Å². The number of nitrogens with zero attached hydrogens (tertiary/aromatic N) is 3. The summed E-state index contributed by atoms with van der Waals surface area (Å²) in [5, 5.41) is 8.21. The van der Waals surface area contributed by atoms with Gasteiger partial charge in [0.25, 0.3) is 0 Å².